The Balaban J connectivity index is 4.12. The SMILES string of the molecule is CCCC/C=C\CCCCCCCC(=O)OCC(COP(=O)(O)OCC)OC(=O)CCCCCCCCC/C=C\CCCCCCCC. The summed E-state index contributed by atoms with van der Waals surface area (Å²) in [6, 6.07) is 0. The third-order valence-corrected chi connectivity index (χ3v) is 9.29. The van der Waals surface area contributed by atoms with Crippen LogP contribution in [0.2, 0.25) is 0 Å². The van der Waals surface area contributed by atoms with E-state index in [2.05, 4.69) is 38.2 Å². The number of phosphoric ester groups is 1. The van der Waals surface area contributed by atoms with Crippen LogP contribution in [0.3, 0.4) is 0 Å². The third kappa shape index (κ3) is 34.4. The predicted octanol–water partition coefficient (Wildman–Crippen LogP) is 11.9. The van der Waals surface area contributed by atoms with E-state index in [0.717, 1.165) is 70.6 Å². The third-order valence-electron chi connectivity index (χ3n) is 8.23. The molecule has 1 N–H and O–H groups in total. The van der Waals surface area contributed by atoms with Crippen molar-refractivity contribution in [2.75, 3.05) is 19.8 Å². The molecule has 0 aromatic heterocycles. The van der Waals surface area contributed by atoms with Gasteiger partial charge in [-0.15, -0.1) is 0 Å². The van der Waals surface area contributed by atoms with Crippen molar-refractivity contribution in [2.45, 2.75) is 194 Å². The highest BCUT2D eigenvalue weighted by molar-refractivity contribution is 7.47. The second-order valence-corrected chi connectivity index (χ2v) is 14.4. The van der Waals surface area contributed by atoms with Gasteiger partial charge in [-0.25, -0.2) is 4.57 Å². The number of allylic oxidation sites excluding steroid dienone is 4. The molecule has 0 fully saturated rings. The average molecular weight is 701 g/mol. The zero-order valence-electron chi connectivity index (χ0n) is 31.1. The lowest BCUT2D eigenvalue weighted by Gasteiger charge is -2.19. The molecule has 9 heteroatoms. The topological polar surface area (TPSA) is 108 Å². The van der Waals surface area contributed by atoms with Crippen molar-refractivity contribution in [3.63, 3.8) is 0 Å². The lowest BCUT2D eigenvalue weighted by molar-refractivity contribution is -0.161. The molecule has 0 spiro atoms. The Morgan fingerprint density at radius 2 is 0.958 bits per heavy atom. The van der Waals surface area contributed by atoms with E-state index in [4.69, 9.17) is 18.5 Å². The van der Waals surface area contributed by atoms with Gasteiger partial charge in [-0.1, -0.05) is 134 Å². The summed E-state index contributed by atoms with van der Waals surface area (Å²) in [6.45, 7) is 5.41. The van der Waals surface area contributed by atoms with Crippen molar-refractivity contribution < 1.29 is 37.6 Å². The van der Waals surface area contributed by atoms with Gasteiger partial charge in [0.15, 0.2) is 6.10 Å². The van der Waals surface area contributed by atoms with E-state index in [9.17, 15) is 19.0 Å². The van der Waals surface area contributed by atoms with Crippen LogP contribution in [0.4, 0.5) is 0 Å². The van der Waals surface area contributed by atoms with Crippen molar-refractivity contribution in [3.8, 4) is 0 Å². The van der Waals surface area contributed by atoms with Crippen LogP contribution in [0.5, 0.6) is 0 Å². The molecule has 0 saturated carbocycles. The van der Waals surface area contributed by atoms with Gasteiger partial charge in [0.1, 0.15) is 6.61 Å². The Morgan fingerprint density at radius 3 is 1.44 bits per heavy atom. The fourth-order valence-electron chi connectivity index (χ4n) is 5.31. The molecule has 282 valence electrons. The zero-order valence-corrected chi connectivity index (χ0v) is 32.0. The van der Waals surface area contributed by atoms with E-state index in [1.165, 1.54) is 77.0 Å². The molecule has 2 atom stereocenters. The summed E-state index contributed by atoms with van der Waals surface area (Å²) in [5.74, 6) is -0.812. The second-order valence-electron chi connectivity index (χ2n) is 12.9. The molecule has 0 aliphatic heterocycles. The average Bonchev–Trinajstić information content (AvgIpc) is 3.06. The summed E-state index contributed by atoms with van der Waals surface area (Å²) in [6.07, 6.45) is 36.6. The summed E-state index contributed by atoms with van der Waals surface area (Å²) < 4.78 is 32.5. The van der Waals surface area contributed by atoms with Gasteiger partial charge in [0, 0.05) is 12.8 Å². The first-order valence-electron chi connectivity index (χ1n) is 19.6. The highest BCUT2D eigenvalue weighted by atomic mass is 31.2. The Kier molecular flexibility index (Phi) is 34.3. The summed E-state index contributed by atoms with van der Waals surface area (Å²) in [5, 5.41) is 0. The number of hydrogen-bond acceptors (Lipinski definition) is 7. The van der Waals surface area contributed by atoms with E-state index >= 15 is 0 Å². The number of unbranched alkanes of at least 4 members (excludes halogenated alkanes) is 20. The molecule has 0 saturated heterocycles. The second kappa shape index (κ2) is 35.4. The molecular formula is C39H73O8P. The minimum Gasteiger partial charge on any atom is -0.462 e. The molecule has 0 aromatic rings. The molecule has 0 heterocycles. The number of esters is 2. The Hall–Kier alpha value is -1.47. The summed E-state index contributed by atoms with van der Waals surface area (Å²) in [7, 11) is -4.27. The molecule has 0 rings (SSSR count). The maximum absolute atomic E-state index is 12.5. The minimum atomic E-state index is -4.27. The van der Waals surface area contributed by atoms with Crippen LogP contribution in [-0.2, 0) is 32.7 Å². The lowest BCUT2D eigenvalue weighted by atomic mass is 10.1. The van der Waals surface area contributed by atoms with Crippen LogP contribution >= 0.6 is 7.82 Å². The summed E-state index contributed by atoms with van der Waals surface area (Å²) in [5.41, 5.74) is 0. The van der Waals surface area contributed by atoms with Gasteiger partial charge in [0.05, 0.1) is 13.2 Å². The number of carbonyl (C=O) groups is 2. The molecule has 0 aliphatic rings. The molecule has 0 amide bonds. The molecule has 0 aliphatic carbocycles. The van der Waals surface area contributed by atoms with Crippen LogP contribution in [0.1, 0.15) is 188 Å². The number of ether oxygens (including phenoxy) is 2. The maximum atomic E-state index is 12.5. The first kappa shape index (κ1) is 46.5. The van der Waals surface area contributed by atoms with Gasteiger partial charge in [-0.2, -0.15) is 0 Å². The molecular weight excluding hydrogens is 627 g/mol. The van der Waals surface area contributed by atoms with Gasteiger partial charge < -0.3 is 14.4 Å². The van der Waals surface area contributed by atoms with Crippen molar-refractivity contribution in [1.82, 2.24) is 0 Å². The molecule has 0 radical (unpaired) electrons. The van der Waals surface area contributed by atoms with Crippen molar-refractivity contribution >= 4 is 19.8 Å². The summed E-state index contributed by atoms with van der Waals surface area (Å²) >= 11 is 0. The maximum Gasteiger partial charge on any atom is 0.472 e. The monoisotopic (exact) mass is 701 g/mol. The highest BCUT2D eigenvalue weighted by Crippen LogP contribution is 2.43. The van der Waals surface area contributed by atoms with Crippen molar-refractivity contribution in [2.24, 2.45) is 0 Å². The first-order chi connectivity index (χ1) is 23.3. The van der Waals surface area contributed by atoms with Crippen LogP contribution in [0.25, 0.3) is 0 Å². The smallest absolute Gasteiger partial charge is 0.462 e. The molecule has 8 nitrogen and oxygen atoms in total. The number of hydrogen-bond donors (Lipinski definition) is 1. The van der Waals surface area contributed by atoms with Crippen LogP contribution < -0.4 is 0 Å². The molecule has 0 bridgehead atoms. The quantitative estimate of drug-likeness (QED) is 0.0298. The van der Waals surface area contributed by atoms with Gasteiger partial charge in [-0.3, -0.25) is 18.6 Å². The Bertz CT molecular complexity index is 844. The van der Waals surface area contributed by atoms with Gasteiger partial charge in [0.25, 0.3) is 0 Å². The zero-order chi connectivity index (χ0) is 35.4. The van der Waals surface area contributed by atoms with E-state index in [1.807, 2.05) is 0 Å². The fraction of sp³-hybridized carbons (Fsp3) is 0.846. The van der Waals surface area contributed by atoms with E-state index < -0.39 is 26.5 Å². The normalized spacial score (nSPS) is 13.7. The number of carbonyl (C=O) groups excluding carboxylic acids is 2. The van der Waals surface area contributed by atoms with E-state index in [1.54, 1.807) is 6.92 Å². The standard InChI is InChI=1S/C39H73O8P/c1-4-7-9-11-13-15-17-18-19-20-21-22-24-26-28-30-32-34-39(41)47-37(36-46-48(42,43)45-6-3)35-44-38(40)33-31-29-27-25-23-16-14-12-10-8-5-2/h12,14,18-19,37H,4-11,13,15-17,20-36H2,1-3H3,(H,42,43)/b14-12-,19-18-. The van der Waals surface area contributed by atoms with Crippen LogP contribution in [0.15, 0.2) is 24.3 Å². The van der Waals surface area contributed by atoms with E-state index in [-0.39, 0.29) is 32.0 Å². The van der Waals surface area contributed by atoms with E-state index in [0.29, 0.717) is 6.42 Å². The summed E-state index contributed by atoms with van der Waals surface area (Å²) in [4.78, 5) is 34.6. The minimum absolute atomic E-state index is 0.000760. The first-order valence-corrected chi connectivity index (χ1v) is 21.1. The molecule has 48 heavy (non-hydrogen) atoms. The Labute approximate surface area is 294 Å². The molecule has 2 unspecified atom stereocenters. The van der Waals surface area contributed by atoms with Crippen molar-refractivity contribution in [1.29, 1.82) is 0 Å². The van der Waals surface area contributed by atoms with Gasteiger partial charge >= 0.3 is 19.8 Å². The Morgan fingerprint density at radius 1 is 0.542 bits per heavy atom. The van der Waals surface area contributed by atoms with Crippen molar-refractivity contribution in [3.05, 3.63) is 24.3 Å². The highest BCUT2D eigenvalue weighted by Gasteiger charge is 2.25. The largest absolute Gasteiger partial charge is 0.472 e. The van der Waals surface area contributed by atoms with Crippen LogP contribution in [0, 0.1) is 0 Å². The van der Waals surface area contributed by atoms with Crippen LogP contribution in [-0.4, -0.2) is 42.8 Å². The molecule has 0 aromatic carbocycles. The fourth-order valence-corrected chi connectivity index (χ4v) is 6.07. The van der Waals surface area contributed by atoms with Gasteiger partial charge in [0.2, 0.25) is 0 Å². The lowest BCUT2D eigenvalue weighted by Crippen LogP contribution is -2.29. The number of phosphoric acid groups is 1. The van der Waals surface area contributed by atoms with Gasteiger partial charge in [-0.05, 0) is 64.7 Å². The predicted molar refractivity (Wildman–Crippen MR) is 198 cm³/mol. The number of rotatable bonds is 36.